The van der Waals surface area contributed by atoms with Crippen molar-refractivity contribution in [1.29, 1.82) is 0 Å². The number of halogens is 1. The van der Waals surface area contributed by atoms with Gasteiger partial charge in [0.05, 0.1) is 0 Å². The van der Waals surface area contributed by atoms with E-state index in [0.29, 0.717) is 16.9 Å². The molecule has 3 N–H and O–H groups in total. The number of nitrogens with two attached hydrogens (primary N) is 1. The molecule has 1 rings (SSSR count). The predicted octanol–water partition coefficient (Wildman–Crippen LogP) is 2.48. The number of rotatable bonds is 4. The van der Waals surface area contributed by atoms with Crippen molar-refractivity contribution >= 4 is 34.9 Å². The summed E-state index contributed by atoms with van der Waals surface area (Å²) >= 11 is 7.56. The number of hydrogen-bond donors (Lipinski definition) is 2. The van der Waals surface area contributed by atoms with Crippen LogP contribution in [0.25, 0.3) is 0 Å². The van der Waals surface area contributed by atoms with Gasteiger partial charge in [-0.05, 0) is 19.2 Å². The molecule has 0 aliphatic rings. The monoisotopic (exact) mass is 231 g/mol. The molecule has 0 aromatic carbocycles. The Labute approximate surface area is 93.4 Å². The van der Waals surface area contributed by atoms with E-state index < -0.39 is 0 Å². The molecule has 78 valence electrons. The molecule has 0 aliphatic heterocycles. The Balaban J connectivity index is 2.66. The molecule has 0 radical (unpaired) electrons. The lowest BCUT2D eigenvalue weighted by Crippen LogP contribution is -2.18. The zero-order valence-corrected chi connectivity index (χ0v) is 9.82. The largest absolute Gasteiger partial charge is 0.399 e. The van der Waals surface area contributed by atoms with Crippen LogP contribution in [0.1, 0.15) is 6.92 Å². The quantitative estimate of drug-likeness (QED) is 0.782. The summed E-state index contributed by atoms with van der Waals surface area (Å²) in [4.78, 5) is 4.12. The lowest BCUT2D eigenvalue weighted by Gasteiger charge is -2.13. The van der Waals surface area contributed by atoms with Crippen molar-refractivity contribution in [3.8, 4) is 0 Å². The molecule has 0 saturated carbocycles. The number of nitrogens with one attached hydrogen (secondary N) is 1. The first-order valence-electron chi connectivity index (χ1n) is 4.30. The van der Waals surface area contributed by atoms with Crippen LogP contribution in [0.4, 0.5) is 11.5 Å². The van der Waals surface area contributed by atoms with E-state index in [1.54, 1.807) is 23.9 Å². The van der Waals surface area contributed by atoms with E-state index in [2.05, 4.69) is 23.5 Å². The van der Waals surface area contributed by atoms with Crippen molar-refractivity contribution in [3.05, 3.63) is 17.3 Å². The second-order valence-electron chi connectivity index (χ2n) is 3.11. The zero-order valence-electron chi connectivity index (χ0n) is 8.25. The van der Waals surface area contributed by atoms with Crippen LogP contribution in [0.3, 0.4) is 0 Å². The van der Waals surface area contributed by atoms with Gasteiger partial charge in [-0.2, -0.15) is 11.8 Å². The van der Waals surface area contributed by atoms with Gasteiger partial charge in [0.15, 0.2) is 0 Å². The maximum absolute atomic E-state index is 5.77. The Bertz CT molecular complexity index is 286. The van der Waals surface area contributed by atoms with Crippen molar-refractivity contribution in [3.63, 3.8) is 0 Å². The van der Waals surface area contributed by atoms with Gasteiger partial charge in [0.2, 0.25) is 0 Å². The van der Waals surface area contributed by atoms with Gasteiger partial charge in [0.25, 0.3) is 0 Å². The van der Waals surface area contributed by atoms with E-state index in [4.69, 9.17) is 17.3 Å². The van der Waals surface area contributed by atoms with Gasteiger partial charge >= 0.3 is 0 Å². The highest BCUT2D eigenvalue weighted by molar-refractivity contribution is 7.98. The van der Waals surface area contributed by atoms with Gasteiger partial charge in [0.1, 0.15) is 11.0 Å². The number of aromatic nitrogens is 1. The average molecular weight is 232 g/mol. The first-order chi connectivity index (χ1) is 6.61. The fourth-order valence-electron chi connectivity index (χ4n) is 1.13. The Morgan fingerprint density at radius 1 is 1.64 bits per heavy atom. The summed E-state index contributed by atoms with van der Waals surface area (Å²) in [5.74, 6) is 1.75. The molecule has 0 aliphatic carbocycles. The van der Waals surface area contributed by atoms with Crippen molar-refractivity contribution < 1.29 is 0 Å². The molecule has 0 spiro atoms. The van der Waals surface area contributed by atoms with Gasteiger partial charge in [-0.3, -0.25) is 0 Å². The van der Waals surface area contributed by atoms with E-state index in [0.717, 1.165) is 11.6 Å². The number of nitrogen functional groups attached to an aromatic ring is 1. The molecular weight excluding hydrogens is 218 g/mol. The summed E-state index contributed by atoms with van der Waals surface area (Å²) in [6, 6.07) is 3.77. The molecule has 1 atom stereocenters. The summed E-state index contributed by atoms with van der Waals surface area (Å²) in [7, 11) is 0. The topological polar surface area (TPSA) is 50.9 Å². The van der Waals surface area contributed by atoms with Crippen molar-refractivity contribution in [2.75, 3.05) is 23.1 Å². The molecule has 0 fully saturated rings. The van der Waals surface area contributed by atoms with E-state index >= 15 is 0 Å². The van der Waals surface area contributed by atoms with Gasteiger partial charge in [-0.1, -0.05) is 11.6 Å². The number of nitrogens with zero attached hydrogens (tertiary/aromatic N) is 1. The van der Waals surface area contributed by atoms with Crippen LogP contribution in [0.2, 0.25) is 5.15 Å². The highest BCUT2D eigenvalue weighted by atomic mass is 35.5. The van der Waals surface area contributed by atoms with Gasteiger partial charge in [-0.25, -0.2) is 4.98 Å². The molecule has 1 unspecified atom stereocenters. The minimum Gasteiger partial charge on any atom is -0.399 e. The lowest BCUT2D eigenvalue weighted by molar-refractivity contribution is 0.903. The number of pyridine rings is 1. The van der Waals surface area contributed by atoms with Crippen molar-refractivity contribution in [2.24, 2.45) is 0 Å². The smallest absolute Gasteiger partial charge is 0.133 e. The minimum absolute atomic E-state index is 0.357. The Morgan fingerprint density at radius 3 is 2.93 bits per heavy atom. The Hall–Kier alpha value is -0.610. The molecular formula is C9H14ClN3S. The molecule has 14 heavy (non-hydrogen) atoms. The first kappa shape index (κ1) is 11.5. The molecule has 0 saturated heterocycles. The molecule has 0 bridgehead atoms. The van der Waals surface area contributed by atoms with E-state index in [1.165, 1.54) is 0 Å². The minimum atomic E-state index is 0.357. The standard InChI is InChI=1S/C9H14ClN3S/c1-6(5-14-2)12-9-4-7(11)3-8(10)13-9/h3-4,6H,5H2,1-2H3,(H3,11,12,13). The van der Waals surface area contributed by atoms with E-state index in [-0.39, 0.29) is 0 Å². The lowest BCUT2D eigenvalue weighted by atomic mass is 10.3. The average Bonchev–Trinajstić information content (AvgIpc) is 2.01. The van der Waals surface area contributed by atoms with Gasteiger partial charge < -0.3 is 11.1 Å². The van der Waals surface area contributed by atoms with Gasteiger partial charge in [0, 0.05) is 23.5 Å². The second-order valence-corrected chi connectivity index (χ2v) is 4.41. The van der Waals surface area contributed by atoms with Crippen LogP contribution in [-0.2, 0) is 0 Å². The van der Waals surface area contributed by atoms with Crippen LogP contribution in [0, 0.1) is 0 Å². The van der Waals surface area contributed by atoms with Crippen LogP contribution in [0.5, 0.6) is 0 Å². The molecule has 1 heterocycles. The van der Waals surface area contributed by atoms with E-state index in [1.807, 2.05) is 0 Å². The molecule has 1 aromatic rings. The zero-order chi connectivity index (χ0) is 10.6. The second kappa shape index (κ2) is 5.32. The number of hydrogen-bond acceptors (Lipinski definition) is 4. The highest BCUT2D eigenvalue weighted by Gasteiger charge is 2.03. The third-order valence-electron chi connectivity index (χ3n) is 1.63. The molecule has 5 heteroatoms. The van der Waals surface area contributed by atoms with Crippen molar-refractivity contribution in [1.82, 2.24) is 4.98 Å². The third-order valence-corrected chi connectivity index (χ3v) is 2.65. The summed E-state index contributed by atoms with van der Waals surface area (Å²) < 4.78 is 0. The molecule has 0 amide bonds. The summed E-state index contributed by atoms with van der Waals surface area (Å²) in [6.45, 7) is 2.09. The van der Waals surface area contributed by atoms with Crippen molar-refractivity contribution in [2.45, 2.75) is 13.0 Å². The number of thioether (sulfide) groups is 1. The maximum Gasteiger partial charge on any atom is 0.133 e. The Morgan fingerprint density at radius 2 is 2.36 bits per heavy atom. The van der Waals surface area contributed by atoms with Gasteiger partial charge in [-0.15, -0.1) is 0 Å². The fraction of sp³-hybridized carbons (Fsp3) is 0.444. The van der Waals surface area contributed by atoms with Crippen LogP contribution >= 0.6 is 23.4 Å². The summed E-state index contributed by atoms with van der Waals surface area (Å²) in [6.07, 6.45) is 2.07. The summed E-state index contributed by atoms with van der Waals surface area (Å²) in [5, 5.41) is 3.65. The van der Waals surface area contributed by atoms with E-state index in [9.17, 15) is 0 Å². The molecule has 3 nitrogen and oxygen atoms in total. The maximum atomic E-state index is 5.77. The van der Waals surface area contributed by atoms with Crippen LogP contribution in [0.15, 0.2) is 12.1 Å². The normalized spacial score (nSPS) is 12.5. The fourth-order valence-corrected chi connectivity index (χ4v) is 1.94. The first-order valence-corrected chi connectivity index (χ1v) is 6.07. The Kier molecular flexibility index (Phi) is 4.35. The van der Waals surface area contributed by atoms with Crippen LogP contribution < -0.4 is 11.1 Å². The SMILES string of the molecule is CSCC(C)Nc1cc(N)cc(Cl)n1. The third kappa shape index (κ3) is 3.64. The predicted molar refractivity (Wildman–Crippen MR) is 65.1 cm³/mol. The highest BCUT2D eigenvalue weighted by Crippen LogP contribution is 2.16. The molecule has 1 aromatic heterocycles. The van der Waals surface area contributed by atoms with Crippen LogP contribution in [-0.4, -0.2) is 23.0 Å². The number of anilines is 2. The summed E-state index contributed by atoms with van der Waals surface area (Å²) in [5.41, 5.74) is 6.27.